The summed E-state index contributed by atoms with van der Waals surface area (Å²) in [5.41, 5.74) is 0.759. The van der Waals surface area contributed by atoms with Crippen molar-refractivity contribution in [2.24, 2.45) is 0 Å². The first-order chi connectivity index (χ1) is 15.5. The van der Waals surface area contributed by atoms with E-state index in [1.54, 1.807) is 43.5 Å². The van der Waals surface area contributed by atoms with E-state index in [9.17, 15) is 18.0 Å². The van der Waals surface area contributed by atoms with Gasteiger partial charge in [-0.15, -0.1) is 0 Å². The molecule has 0 saturated heterocycles. The van der Waals surface area contributed by atoms with Crippen molar-refractivity contribution >= 4 is 39.9 Å². The Kier molecular flexibility index (Phi) is 7.07. The fraction of sp³-hybridized carbons (Fsp3) is 0.208. The number of amides is 1. The average molecular weight is 475 g/mol. The Morgan fingerprint density at radius 1 is 1.09 bits per heavy atom. The molecule has 3 rings (SSSR count). The molecule has 0 bridgehead atoms. The van der Waals surface area contributed by atoms with E-state index in [0.717, 1.165) is 22.5 Å². The highest BCUT2D eigenvalue weighted by Gasteiger charge is 2.35. The maximum absolute atomic E-state index is 13.7. The van der Waals surface area contributed by atoms with Gasteiger partial charge in [-0.3, -0.25) is 9.78 Å². The summed E-state index contributed by atoms with van der Waals surface area (Å²) >= 11 is 6.20. The summed E-state index contributed by atoms with van der Waals surface area (Å²) in [5.74, 6) is -0.594. The van der Waals surface area contributed by atoms with Crippen molar-refractivity contribution in [3.8, 4) is 0 Å². The molecule has 9 heteroatoms. The summed E-state index contributed by atoms with van der Waals surface area (Å²) in [6, 6.07) is 10.2. The number of hydrogen-bond donors (Lipinski definition) is 1. The van der Waals surface area contributed by atoms with Crippen LogP contribution in [0.5, 0.6) is 0 Å². The molecule has 33 heavy (non-hydrogen) atoms. The van der Waals surface area contributed by atoms with Crippen LogP contribution in [0.1, 0.15) is 19.4 Å². The van der Waals surface area contributed by atoms with Crippen molar-refractivity contribution in [1.82, 2.24) is 9.97 Å². The smallest absolute Gasteiger partial charge is 0.324 e. The van der Waals surface area contributed by atoms with Gasteiger partial charge in [0.2, 0.25) is 0 Å². The highest BCUT2D eigenvalue weighted by Crippen LogP contribution is 2.33. The van der Waals surface area contributed by atoms with Crippen LogP contribution in [-0.2, 0) is 4.79 Å². The fourth-order valence-corrected chi connectivity index (χ4v) is 3.57. The molecule has 172 valence electrons. The average Bonchev–Trinajstić information content (AvgIpc) is 2.75. The van der Waals surface area contributed by atoms with Gasteiger partial charge in [0.1, 0.15) is 5.70 Å². The maximum Gasteiger partial charge on any atom is 0.416 e. The highest BCUT2D eigenvalue weighted by atomic mass is 35.5. The van der Waals surface area contributed by atoms with E-state index in [1.807, 2.05) is 6.07 Å². The first-order valence-corrected chi connectivity index (χ1v) is 10.3. The zero-order chi connectivity index (χ0) is 24.3. The summed E-state index contributed by atoms with van der Waals surface area (Å²) in [5, 5.41) is 3.74. The molecule has 0 fully saturated rings. The number of carbonyl (C=O) groups excluding carboxylic acids is 1. The number of aromatic nitrogens is 2. The standard InChI is InChI=1S/C24H22ClF3N4O/c1-14(2)17(24(26,27)28)13-21(32(4)22-18(25)8-6-12-30-22)23(33)31-19-9-10-20-16(15(19)3)7-5-11-29-20/h5-13H,1-4H3,(H,31,33)/b21-13-. The number of alkyl halides is 3. The lowest BCUT2D eigenvalue weighted by Crippen LogP contribution is -2.30. The molecule has 0 saturated carbocycles. The van der Waals surface area contributed by atoms with Gasteiger partial charge in [0.15, 0.2) is 5.82 Å². The summed E-state index contributed by atoms with van der Waals surface area (Å²) in [4.78, 5) is 23.0. The van der Waals surface area contributed by atoms with E-state index >= 15 is 0 Å². The number of halogens is 4. The number of benzene rings is 1. The Balaban J connectivity index is 2.10. The van der Waals surface area contributed by atoms with Crippen LogP contribution in [0.15, 0.2) is 71.7 Å². The molecular weight excluding hydrogens is 453 g/mol. The van der Waals surface area contributed by atoms with Crippen LogP contribution >= 0.6 is 11.6 Å². The van der Waals surface area contributed by atoms with E-state index in [4.69, 9.17) is 11.6 Å². The van der Waals surface area contributed by atoms with Gasteiger partial charge in [-0.25, -0.2) is 4.98 Å². The Hall–Kier alpha value is -3.39. The molecule has 0 aliphatic carbocycles. The van der Waals surface area contributed by atoms with E-state index in [0.29, 0.717) is 5.69 Å². The molecule has 0 atom stereocenters. The van der Waals surface area contributed by atoms with Crippen molar-refractivity contribution in [3.05, 3.63) is 82.3 Å². The Labute approximate surface area is 194 Å². The molecule has 0 aliphatic heterocycles. The van der Waals surface area contributed by atoms with Crippen LogP contribution in [0, 0.1) is 6.92 Å². The second-order valence-corrected chi connectivity index (χ2v) is 7.98. The van der Waals surface area contributed by atoms with Crippen LogP contribution in [0.2, 0.25) is 5.02 Å². The molecule has 1 aromatic carbocycles. The topological polar surface area (TPSA) is 58.1 Å². The zero-order valence-corrected chi connectivity index (χ0v) is 19.2. The van der Waals surface area contributed by atoms with Gasteiger partial charge in [0.05, 0.1) is 16.1 Å². The number of fused-ring (bicyclic) bond motifs is 1. The number of pyridine rings is 2. The highest BCUT2D eigenvalue weighted by molar-refractivity contribution is 6.33. The van der Waals surface area contributed by atoms with Crippen molar-refractivity contribution < 1.29 is 18.0 Å². The zero-order valence-electron chi connectivity index (χ0n) is 18.5. The maximum atomic E-state index is 13.7. The van der Waals surface area contributed by atoms with Gasteiger partial charge in [-0.2, -0.15) is 13.2 Å². The molecule has 0 radical (unpaired) electrons. The number of carbonyl (C=O) groups is 1. The van der Waals surface area contributed by atoms with Crippen molar-refractivity contribution in [2.75, 3.05) is 17.3 Å². The van der Waals surface area contributed by atoms with Crippen LogP contribution in [0.3, 0.4) is 0 Å². The van der Waals surface area contributed by atoms with Gasteiger partial charge in [0, 0.05) is 30.5 Å². The van der Waals surface area contributed by atoms with Crippen LogP contribution < -0.4 is 10.2 Å². The summed E-state index contributed by atoms with van der Waals surface area (Å²) in [6.07, 6.45) is -0.735. The lowest BCUT2D eigenvalue weighted by atomic mass is 10.1. The van der Waals surface area contributed by atoms with E-state index in [2.05, 4.69) is 15.3 Å². The summed E-state index contributed by atoms with van der Waals surface area (Å²) in [7, 11) is 1.44. The van der Waals surface area contributed by atoms with Crippen LogP contribution in [0.25, 0.3) is 10.9 Å². The van der Waals surface area contributed by atoms with Gasteiger partial charge >= 0.3 is 6.18 Å². The van der Waals surface area contributed by atoms with Gasteiger partial charge in [-0.1, -0.05) is 23.2 Å². The molecule has 2 heterocycles. The predicted molar refractivity (Wildman–Crippen MR) is 125 cm³/mol. The van der Waals surface area contributed by atoms with Crippen molar-refractivity contribution in [2.45, 2.75) is 26.9 Å². The van der Waals surface area contributed by atoms with Gasteiger partial charge in [-0.05, 0) is 62.7 Å². The number of nitrogens with zero attached hydrogens (tertiary/aromatic N) is 3. The molecule has 5 nitrogen and oxygen atoms in total. The van der Waals surface area contributed by atoms with E-state index in [1.165, 1.54) is 32.0 Å². The number of likely N-dealkylation sites (N-methyl/N-ethyl adjacent to an activating group) is 1. The van der Waals surface area contributed by atoms with E-state index in [-0.39, 0.29) is 22.1 Å². The number of hydrogen-bond acceptors (Lipinski definition) is 4. The molecule has 1 amide bonds. The molecule has 0 unspecified atom stereocenters. The molecule has 0 spiro atoms. The van der Waals surface area contributed by atoms with Gasteiger partial charge < -0.3 is 10.2 Å². The molecule has 1 N–H and O–H groups in total. The summed E-state index contributed by atoms with van der Waals surface area (Å²) in [6.45, 7) is 4.48. The molecule has 2 aromatic heterocycles. The third-order valence-electron chi connectivity index (χ3n) is 5.08. The number of aryl methyl sites for hydroxylation is 1. The normalized spacial score (nSPS) is 11.9. The fourth-order valence-electron chi connectivity index (χ4n) is 3.32. The lowest BCUT2D eigenvalue weighted by molar-refractivity contribution is -0.112. The number of anilines is 2. The summed E-state index contributed by atoms with van der Waals surface area (Å²) < 4.78 is 41.1. The minimum Gasteiger partial charge on any atom is -0.324 e. The van der Waals surface area contributed by atoms with Gasteiger partial charge in [0.25, 0.3) is 5.91 Å². The monoisotopic (exact) mass is 474 g/mol. The number of allylic oxidation sites excluding steroid dienone is 3. The van der Waals surface area contributed by atoms with E-state index < -0.39 is 17.7 Å². The largest absolute Gasteiger partial charge is 0.416 e. The first-order valence-electron chi connectivity index (χ1n) is 9.97. The first kappa shape index (κ1) is 24.3. The Bertz CT molecular complexity index is 1260. The quantitative estimate of drug-likeness (QED) is 0.341. The Morgan fingerprint density at radius 3 is 2.39 bits per heavy atom. The predicted octanol–water partition coefficient (Wildman–Crippen LogP) is 6.45. The minimum absolute atomic E-state index is 0.0151. The second kappa shape index (κ2) is 9.62. The number of nitrogens with one attached hydrogen (secondary N) is 1. The lowest BCUT2D eigenvalue weighted by Gasteiger charge is -2.24. The second-order valence-electron chi connectivity index (χ2n) is 7.57. The van der Waals surface area contributed by atoms with Crippen molar-refractivity contribution in [3.63, 3.8) is 0 Å². The minimum atomic E-state index is -4.65. The Morgan fingerprint density at radius 2 is 1.76 bits per heavy atom. The van der Waals surface area contributed by atoms with Crippen LogP contribution in [0.4, 0.5) is 24.7 Å². The van der Waals surface area contributed by atoms with Crippen molar-refractivity contribution in [1.29, 1.82) is 0 Å². The third-order valence-corrected chi connectivity index (χ3v) is 5.37. The van der Waals surface area contributed by atoms with Crippen LogP contribution in [-0.4, -0.2) is 29.1 Å². The SMILES string of the molecule is CC(C)=C(/C=C(/C(=O)Nc1ccc2ncccc2c1C)N(C)c1ncccc1Cl)C(F)(F)F. The third kappa shape index (κ3) is 5.34. The molecule has 3 aromatic rings. The molecular formula is C24H22ClF3N4O. The number of rotatable bonds is 5. The molecule has 0 aliphatic rings.